The number of carbonyl (C=O) groups excluding carboxylic acids is 3. The summed E-state index contributed by atoms with van der Waals surface area (Å²) in [6.45, 7) is 0.542. The molecule has 210 valence electrons. The third-order valence-corrected chi connectivity index (χ3v) is 9.63. The van der Waals surface area contributed by atoms with E-state index in [1.54, 1.807) is 24.3 Å². The van der Waals surface area contributed by atoms with Crippen molar-refractivity contribution in [3.05, 3.63) is 76.3 Å². The first-order chi connectivity index (χ1) is 19.9. The van der Waals surface area contributed by atoms with Crippen LogP contribution in [0.3, 0.4) is 0 Å². The van der Waals surface area contributed by atoms with Crippen molar-refractivity contribution in [2.45, 2.75) is 29.8 Å². The van der Waals surface area contributed by atoms with Gasteiger partial charge in [-0.15, -0.1) is 0 Å². The van der Waals surface area contributed by atoms with E-state index in [9.17, 15) is 14.4 Å². The smallest absolute Gasteiger partial charge is 0.251 e. The third-order valence-electron chi connectivity index (χ3n) is 9.31. The summed E-state index contributed by atoms with van der Waals surface area (Å²) in [5.41, 5.74) is -0.485. The molecule has 0 unspecified atom stereocenters. The average Bonchev–Trinajstić information content (AvgIpc) is 3.71. The average molecular weight is 574 g/mol. The predicted molar refractivity (Wildman–Crippen MR) is 152 cm³/mol. The van der Waals surface area contributed by atoms with Gasteiger partial charge in [0.15, 0.2) is 17.3 Å². The van der Waals surface area contributed by atoms with Gasteiger partial charge in [0.25, 0.3) is 5.91 Å². The van der Waals surface area contributed by atoms with Gasteiger partial charge in [-0.25, -0.2) is 0 Å². The number of halogens is 1. The monoisotopic (exact) mass is 573 g/mol. The van der Waals surface area contributed by atoms with Crippen molar-refractivity contribution in [1.82, 2.24) is 4.90 Å². The fourth-order valence-electron chi connectivity index (χ4n) is 7.97. The Morgan fingerprint density at radius 1 is 0.927 bits per heavy atom. The lowest BCUT2D eigenvalue weighted by Crippen LogP contribution is -2.62. The summed E-state index contributed by atoms with van der Waals surface area (Å²) in [4.78, 5) is 46.1. The van der Waals surface area contributed by atoms with Crippen LogP contribution in [-0.4, -0.2) is 56.4 Å². The van der Waals surface area contributed by atoms with Crippen LogP contribution >= 0.6 is 11.6 Å². The Labute approximate surface area is 241 Å². The molecule has 2 N–H and O–H groups in total. The Bertz CT molecular complexity index is 1630. The highest BCUT2D eigenvalue weighted by Gasteiger charge is 2.81. The molecule has 4 heterocycles. The van der Waals surface area contributed by atoms with Crippen molar-refractivity contribution in [1.29, 1.82) is 0 Å². The number of hydrogen-bond donors (Lipinski definition) is 2. The molecule has 0 aromatic heterocycles. The number of carbonyl (C=O) groups is 3. The summed E-state index contributed by atoms with van der Waals surface area (Å²) in [6, 6.07) is 15.5. The number of para-hydroxylation sites is 2. The lowest BCUT2D eigenvalue weighted by molar-refractivity contribution is -0.137. The molecule has 0 aliphatic carbocycles. The van der Waals surface area contributed by atoms with E-state index in [2.05, 4.69) is 15.5 Å². The highest BCUT2D eigenvalue weighted by atomic mass is 35.5. The first kappa shape index (κ1) is 25.9. The zero-order chi connectivity index (χ0) is 28.7. The summed E-state index contributed by atoms with van der Waals surface area (Å²) in [7, 11) is 4.47. The second-order valence-corrected chi connectivity index (χ2v) is 11.2. The lowest BCUT2D eigenvalue weighted by Gasteiger charge is -2.43. The SMILES string of the molecule is COc1cc(C(=O)[C@@H]2[C@@H]3CCCN3[C@]3(C(=O)Nc4c(Cl)cccc43)[C@]23C(=O)Nc2ccccc23)cc(OC)c1OC. The van der Waals surface area contributed by atoms with Crippen molar-refractivity contribution < 1.29 is 28.6 Å². The molecule has 0 bridgehead atoms. The number of nitrogens with one attached hydrogen (secondary N) is 2. The van der Waals surface area contributed by atoms with Crippen molar-refractivity contribution in [2.75, 3.05) is 38.5 Å². The molecule has 4 aliphatic rings. The summed E-state index contributed by atoms with van der Waals surface area (Å²) in [5, 5.41) is 6.42. The summed E-state index contributed by atoms with van der Waals surface area (Å²) >= 11 is 6.62. The van der Waals surface area contributed by atoms with Gasteiger partial charge in [0.2, 0.25) is 11.7 Å². The van der Waals surface area contributed by atoms with E-state index in [1.165, 1.54) is 21.3 Å². The number of ether oxygens (including phenoxy) is 3. The minimum atomic E-state index is -1.58. The van der Waals surface area contributed by atoms with E-state index < -0.39 is 22.9 Å². The summed E-state index contributed by atoms with van der Waals surface area (Å²) in [5.74, 6) is -0.935. The van der Waals surface area contributed by atoms with E-state index in [0.29, 0.717) is 63.3 Å². The zero-order valence-corrected chi connectivity index (χ0v) is 23.5. The van der Waals surface area contributed by atoms with Crippen LogP contribution in [0.2, 0.25) is 5.02 Å². The number of hydrogen-bond acceptors (Lipinski definition) is 7. The molecule has 4 aliphatic heterocycles. The second kappa shape index (κ2) is 8.96. The van der Waals surface area contributed by atoms with Gasteiger partial charge < -0.3 is 24.8 Å². The first-order valence-electron chi connectivity index (χ1n) is 13.5. The Kier molecular flexibility index (Phi) is 5.65. The third kappa shape index (κ3) is 2.97. The van der Waals surface area contributed by atoms with Gasteiger partial charge in [-0.05, 0) is 49.2 Å². The molecular weight excluding hydrogens is 546 g/mol. The number of benzene rings is 3. The molecule has 2 fully saturated rings. The highest BCUT2D eigenvalue weighted by molar-refractivity contribution is 6.35. The summed E-state index contributed by atoms with van der Waals surface area (Å²) in [6.07, 6.45) is 1.41. The van der Waals surface area contributed by atoms with Crippen molar-refractivity contribution >= 4 is 40.6 Å². The molecule has 0 saturated carbocycles. The topological polar surface area (TPSA) is 106 Å². The molecule has 9 nitrogen and oxygen atoms in total. The standard InChI is InChI=1S/C31H28ClN3O6/c1-39-22-14-16(15-23(40-2)27(22)41-3)26(36)24-21-12-7-13-35(21)31(18-9-6-10-19(32)25(18)34-29(31)38)30(24)17-8-4-5-11-20(17)33-28(30)37/h4-6,8-11,14-15,21,24H,7,12-13H2,1-3H3,(H,33,37)(H,34,38)/t21-,24-,30-,31+/m0/s1. The predicted octanol–water partition coefficient (Wildman–Crippen LogP) is 4.38. The molecular formula is C31H28ClN3O6. The quantitative estimate of drug-likeness (QED) is 0.436. The number of ketones is 1. The maximum Gasteiger partial charge on any atom is 0.251 e. The Morgan fingerprint density at radius 2 is 1.63 bits per heavy atom. The molecule has 3 aromatic carbocycles. The van der Waals surface area contributed by atoms with Gasteiger partial charge in [0, 0.05) is 22.9 Å². The second-order valence-electron chi connectivity index (χ2n) is 10.8. The molecule has 2 amide bonds. The van der Waals surface area contributed by atoms with Crippen LogP contribution in [0.25, 0.3) is 0 Å². The van der Waals surface area contributed by atoms with Gasteiger partial charge in [-0.1, -0.05) is 41.9 Å². The maximum atomic E-state index is 15.0. The molecule has 4 atom stereocenters. The maximum absolute atomic E-state index is 15.0. The zero-order valence-electron chi connectivity index (χ0n) is 22.7. The highest BCUT2D eigenvalue weighted by Crippen LogP contribution is 2.68. The normalized spacial score (nSPS) is 27.4. The van der Waals surface area contributed by atoms with Gasteiger partial charge in [-0.3, -0.25) is 19.3 Å². The van der Waals surface area contributed by atoms with Crippen LogP contribution in [-0.2, 0) is 20.5 Å². The number of rotatable bonds is 5. The van der Waals surface area contributed by atoms with Crippen molar-refractivity contribution in [3.8, 4) is 17.2 Å². The Hall–Kier alpha value is -4.08. The molecule has 7 rings (SSSR count). The molecule has 2 spiro atoms. The van der Waals surface area contributed by atoms with E-state index in [1.807, 2.05) is 30.3 Å². The molecule has 2 saturated heterocycles. The Balaban J connectivity index is 1.55. The van der Waals surface area contributed by atoms with E-state index in [0.717, 1.165) is 6.42 Å². The van der Waals surface area contributed by atoms with Gasteiger partial charge in [-0.2, -0.15) is 0 Å². The molecule has 0 radical (unpaired) electrons. The number of nitrogens with zero attached hydrogens (tertiary/aromatic N) is 1. The van der Waals surface area contributed by atoms with Crippen LogP contribution in [0.1, 0.15) is 34.3 Å². The van der Waals surface area contributed by atoms with Gasteiger partial charge in [0.1, 0.15) is 11.0 Å². The van der Waals surface area contributed by atoms with E-state index in [-0.39, 0.29) is 17.6 Å². The van der Waals surface area contributed by atoms with Crippen LogP contribution in [0.15, 0.2) is 54.6 Å². The van der Waals surface area contributed by atoms with Crippen molar-refractivity contribution in [2.24, 2.45) is 5.92 Å². The molecule has 3 aromatic rings. The summed E-state index contributed by atoms with van der Waals surface area (Å²) < 4.78 is 16.6. The largest absolute Gasteiger partial charge is 0.493 e. The number of anilines is 2. The fourth-order valence-corrected chi connectivity index (χ4v) is 8.19. The van der Waals surface area contributed by atoms with Crippen molar-refractivity contribution in [3.63, 3.8) is 0 Å². The number of fused-ring (bicyclic) bond motifs is 7. The fraction of sp³-hybridized carbons (Fsp3) is 0.323. The van der Waals surface area contributed by atoms with Gasteiger partial charge >= 0.3 is 0 Å². The minimum absolute atomic E-state index is 0.284. The number of Topliss-reactive ketones (excluding diaryl/α,β-unsaturated/α-hetero) is 1. The lowest BCUT2D eigenvalue weighted by atomic mass is 9.57. The van der Waals surface area contributed by atoms with E-state index in [4.69, 9.17) is 25.8 Å². The first-order valence-corrected chi connectivity index (χ1v) is 13.9. The molecule has 10 heteroatoms. The van der Waals surface area contributed by atoms with Crippen LogP contribution in [0.4, 0.5) is 11.4 Å². The molecule has 41 heavy (non-hydrogen) atoms. The number of amides is 2. The minimum Gasteiger partial charge on any atom is -0.493 e. The van der Waals surface area contributed by atoms with Crippen LogP contribution < -0.4 is 24.8 Å². The van der Waals surface area contributed by atoms with Gasteiger partial charge in [0.05, 0.1) is 38.0 Å². The Morgan fingerprint density at radius 3 is 2.34 bits per heavy atom. The van der Waals surface area contributed by atoms with E-state index >= 15 is 0 Å². The van der Waals surface area contributed by atoms with Crippen LogP contribution in [0.5, 0.6) is 17.2 Å². The van der Waals surface area contributed by atoms with Crippen LogP contribution in [0, 0.1) is 5.92 Å². The number of methoxy groups -OCH3 is 3.